The zero-order valence-electron chi connectivity index (χ0n) is 16.7. The zero-order chi connectivity index (χ0) is 22.8. The Morgan fingerprint density at radius 1 is 0.875 bits per heavy atom. The fourth-order valence-electron chi connectivity index (χ4n) is 3.39. The molecule has 1 aliphatic heterocycles. The summed E-state index contributed by atoms with van der Waals surface area (Å²) in [4.78, 5) is 8.44. The predicted octanol–water partition coefficient (Wildman–Crippen LogP) is 0.711. The molecule has 1 aliphatic rings. The second-order valence-electron chi connectivity index (χ2n) is 7.34. The van der Waals surface area contributed by atoms with E-state index < -0.39 is 37.3 Å². The molecule has 0 radical (unpaired) electrons. The third kappa shape index (κ3) is 4.54. The van der Waals surface area contributed by atoms with Crippen LogP contribution in [0.15, 0.2) is 54.6 Å². The predicted molar refractivity (Wildman–Crippen MR) is 112 cm³/mol. The van der Waals surface area contributed by atoms with Crippen molar-refractivity contribution < 1.29 is 34.3 Å². The lowest BCUT2D eigenvalue weighted by atomic mass is 9.99. The van der Waals surface area contributed by atoms with E-state index in [1.54, 1.807) is 42.5 Å². The van der Waals surface area contributed by atoms with E-state index in [4.69, 9.17) is 15.2 Å². The maximum Gasteiger partial charge on any atom is 0.229 e. The molecule has 4 rings (SSSR count). The van der Waals surface area contributed by atoms with Gasteiger partial charge in [0.15, 0.2) is 0 Å². The first kappa shape index (κ1) is 22.1. The van der Waals surface area contributed by atoms with Crippen molar-refractivity contribution in [1.29, 1.82) is 0 Å². The summed E-state index contributed by atoms with van der Waals surface area (Å²) in [5.41, 5.74) is 8.31. The molecular weight excluding hydrogens is 421 g/mol. The van der Waals surface area contributed by atoms with Gasteiger partial charge in [0.25, 0.3) is 0 Å². The van der Waals surface area contributed by atoms with Crippen molar-refractivity contribution in [3.8, 4) is 28.3 Å². The number of halogens is 1. The summed E-state index contributed by atoms with van der Waals surface area (Å²) in [6.45, 7) is -0.546. The standard InChI is InChI=1S/C22H22FN3O6/c23-13-5-1-11(2-6-13)15-9-16(26-22(24)25-15)12-3-7-14(8-4-12)31-21-20(30)19(29)18(28)17(10-27)32-21/h1-9,17-21,27-30H,10H2,(H2,24,25,26)/t17-,18-,19-,20-,21-/m1/s1. The van der Waals surface area contributed by atoms with Crippen LogP contribution in [-0.2, 0) is 4.74 Å². The lowest BCUT2D eigenvalue weighted by Crippen LogP contribution is -2.60. The highest BCUT2D eigenvalue weighted by Crippen LogP contribution is 2.28. The summed E-state index contributed by atoms with van der Waals surface area (Å²) in [6, 6.07) is 14.2. The summed E-state index contributed by atoms with van der Waals surface area (Å²) in [5, 5.41) is 39.1. The molecule has 2 aromatic carbocycles. The van der Waals surface area contributed by atoms with Crippen LogP contribution >= 0.6 is 0 Å². The largest absolute Gasteiger partial charge is 0.462 e. The van der Waals surface area contributed by atoms with Crippen LogP contribution in [-0.4, -0.2) is 67.7 Å². The van der Waals surface area contributed by atoms with Gasteiger partial charge in [-0.25, -0.2) is 14.4 Å². The molecule has 1 saturated heterocycles. The maximum atomic E-state index is 13.2. The summed E-state index contributed by atoms with van der Waals surface area (Å²) in [6.07, 6.45) is -6.84. The van der Waals surface area contributed by atoms with Crippen LogP contribution in [0.3, 0.4) is 0 Å². The van der Waals surface area contributed by atoms with Crippen LogP contribution in [0.1, 0.15) is 0 Å². The molecular formula is C22H22FN3O6. The van der Waals surface area contributed by atoms with E-state index in [-0.39, 0.29) is 11.8 Å². The van der Waals surface area contributed by atoms with Crippen LogP contribution < -0.4 is 10.5 Å². The van der Waals surface area contributed by atoms with Crippen LogP contribution in [0.25, 0.3) is 22.5 Å². The fraction of sp³-hybridized carbons (Fsp3) is 0.273. The molecule has 0 saturated carbocycles. The molecule has 6 N–H and O–H groups in total. The number of aliphatic hydroxyl groups is 4. The van der Waals surface area contributed by atoms with Gasteiger partial charge in [0.2, 0.25) is 12.2 Å². The number of nitrogen functional groups attached to an aromatic ring is 1. The molecule has 0 unspecified atom stereocenters. The van der Waals surface area contributed by atoms with E-state index in [0.29, 0.717) is 28.3 Å². The average Bonchev–Trinajstić information content (AvgIpc) is 2.80. The summed E-state index contributed by atoms with van der Waals surface area (Å²) >= 11 is 0. The minimum atomic E-state index is -1.53. The number of benzene rings is 2. The molecule has 2 heterocycles. The van der Waals surface area contributed by atoms with Crippen LogP contribution in [0.2, 0.25) is 0 Å². The Kier molecular flexibility index (Phi) is 6.31. The Balaban J connectivity index is 1.53. The minimum Gasteiger partial charge on any atom is -0.462 e. The van der Waals surface area contributed by atoms with Gasteiger partial charge in [-0.2, -0.15) is 0 Å². The van der Waals surface area contributed by atoms with Crippen molar-refractivity contribution in [2.75, 3.05) is 12.3 Å². The first-order valence-electron chi connectivity index (χ1n) is 9.84. The summed E-state index contributed by atoms with van der Waals surface area (Å²) in [7, 11) is 0. The number of aliphatic hydroxyl groups excluding tert-OH is 4. The molecule has 1 fully saturated rings. The lowest BCUT2D eigenvalue weighted by Gasteiger charge is -2.39. The Morgan fingerprint density at radius 2 is 1.44 bits per heavy atom. The van der Waals surface area contributed by atoms with E-state index in [2.05, 4.69) is 9.97 Å². The smallest absolute Gasteiger partial charge is 0.229 e. The van der Waals surface area contributed by atoms with E-state index in [9.17, 15) is 24.8 Å². The van der Waals surface area contributed by atoms with E-state index in [0.717, 1.165) is 0 Å². The van der Waals surface area contributed by atoms with Crippen LogP contribution in [0.4, 0.5) is 10.3 Å². The quantitative estimate of drug-likeness (QED) is 0.384. The number of aromatic nitrogens is 2. The van der Waals surface area contributed by atoms with Crippen molar-refractivity contribution in [3.63, 3.8) is 0 Å². The molecule has 32 heavy (non-hydrogen) atoms. The number of rotatable bonds is 5. The third-order valence-corrected chi connectivity index (χ3v) is 5.13. The SMILES string of the molecule is Nc1nc(-c2ccc(F)cc2)cc(-c2ccc(O[C@@H]3O[C@H](CO)[C@@H](O)[C@@H](O)[C@H]3O)cc2)n1. The Hall–Kier alpha value is -3.15. The molecule has 9 nitrogen and oxygen atoms in total. The van der Waals surface area contributed by atoms with E-state index >= 15 is 0 Å². The molecule has 5 atom stereocenters. The van der Waals surface area contributed by atoms with Crippen molar-refractivity contribution >= 4 is 5.95 Å². The number of hydrogen-bond acceptors (Lipinski definition) is 9. The van der Waals surface area contributed by atoms with Gasteiger partial charge in [-0.1, -0.05) is 0 Å². The Bertz CT molecular complexity index is 1060. The third-order valence-electron chi connectivity index (χ3n) is 5.13. The van der Waals surface area contributed by atoms with Crippen molar-refractivity contribution in [1.82, 2.24) is 9.97 Å². The topological polar surface area (TPSA) is 151 Å². The highest BCUT2D eigenvalue weighted by Gasteiger charge is 2.44. The second-order valence-corrected chi connectivity index (χ2v) is 7.34. The normalized spacial score (nSPS) is 25.5. The summed E-state index contributed by atoms with van der Waals surface area (Å²) in [5.74, 6) is 0.0216. The fourth-order valence-corrected chi connectivity index (χ4v) is 3.39. The molecule has 0 amide bonds. The molecule has 0 spiro atoms. The highest BCUT2D eigenvalue weighted by atomic mass is 19.1. The molecule has 1 aromatic heterocycles. The van der Waals surface area contributed by atoms with Gasteiger partial charge in [-0.3, -0.25) is 0 Å². The van der Waals surface area contributed by atoms with Crippen molar-refractivity contribution in [2.45, 2.75) is 30.7 Å². The zero-order valence-corrected chi connectivity index (χ0v) is 16.7. The van der Waals surface area contributed by atoms with Crippen LogP contribution in [0, 0.1) is 5.82 Å². The average molecular weight is 443 g/mol. The summed E-state index contributed by atoms with van der Waals surface area (Å²) < 4.78 is 24.1. The first-order chi connectivity index (χ1) is 15.4. The minimum absolute atomic E-state index is 0.0588. The second kappa shape index (κ2) is 9.15. The van der Waals surface area contributed by atoms with Gasteiger partial charge in [-0.15, -0.1) is 0 Å². The lowest BCUT2D eigenvalue weighted by molar-refractivity contribution is -0.277. The molecule has 0 aliphatic carbocycles. The number of anilines is 1. The Morgan fingerprint density at radius 3 is 2.00 bits per heavy atom. The maximum absolute atomic E-state index is 13.2. The molecule has 10 heteroatoms. The molecule has 168 valence electrons. The van der Waals surface area contributed by atoms with Gasteiger partial charge < -0.3 is 35.6 Å². The van der Waals surface area contributed by atoms with E-state index in [1.807, 2.05) is 0 Å². The van der Waals surface area contributed by atoms with Gasteiger partial charge in [0.1, 0.15) is 36.0 Å². The molecule has 0 bridgehead atoms. The van der Waals surface area contributed by atoms with Gasteiger partial charge in [0.05, 0.1) is 18.0 Å². The van der Waals surface area contributed by atoms with Gasteiger partial charge in [0, 0.05) is 11.1 Å². The van der Waals surface area contributed by atoms with Crippen molar-refractivity contribution in [3.05, 3.63) is 60.4 Å². The van der Waals surface area contributed by atoms with Gasteiger partial charge in [-0.05, 0) is 54.6 Å². The number of ether oxygens (including phenoxy) is 2. The number of nitrogens with two attached hydrogens (primary N) is 1. The number of nitrogens with zero attached hydrogens (tertiary/aromatic N) is 2. The van der Waals surface area contributed by atoms with E-state index in [1.165, 1.54) is 12.1 Å². The molecule has 3 aromatic rings. The Labute approximate surface area is 182 Å². The highest BCUT2D eigenvalue weighted by molar-refractivity contribution is 5.69. The number of hydrogen-bond donors (Lipinski definition) is 5. The van der Waals surface area contributed by atoms with Gasteiger partial charge >= 0.3 is 0 Å². The first-order valence-corrected chi connectivity index (χ1v) is 9.84. The van der Waals surface area contributed by atoms with Crippen molar-refractivity contribution in [2.24, 2.45) is 0 Å². The van der Waals surface area contributed by atoms with Crippen LogP contribution in [0.5, 0.6) is 5.75 Å². The monoisotopic (exact) mass is 443 g/mol.